The van der Waals surface area contributed by atoms with Crippen LogP contribution in [0.25, 0.3) is 0 Å². The van der Waals surface area contributed by atoms with Crippen molar-refractivity contribution in [1.82, 2.24) is 9.97 Å². The molecular weight excluding hydrogens is 202 g/mol. The van der Waals surface area contributed by atoms with E-state index in [9.17, 15) is 0 Å². The molecule has 3 N–H and O–H groups in total. The van der Waals surface area contributed by atoms with E-state index in [1.54, 1.807) is 12.4 Å². The Bertz CT molecular complexity index is 365. The van der Waals surface area contributed by atoms with Gasteiger partial charge in [-0.25, -0.2) is 9.97 Å². The molecule has 1 saturated heterocycles. The Morgan fingerprint density at radius 3 is 3.19 bits per heavy atom. The number of nitrogens with one attached hydrogen (secondary N) is 1. The van der Waals surface area contributed by atoms with E-state index >= 15 is 0 Å². The predicted octanol–water partition coefficient (Wildman–Crippen LogP) is 0.612. The monoisotopic (exact) mass is 219 g/mol. The highest BCUT2D eigenvalue weighted by Gasteiger charge is 2.20. The molecule has 0 amide bonds. The summed E-state index contributed by atoms with van der Waals surface area (Å²) < 4.78 is 0. The Balaban J connectivity index is 2.06. The average molecular weight is 219 g/mol. The third kappa shape index (κ3) is 2.49. The Morgan fingerprint density at radius 1 is 1.62 bits per heavy atom. The first-order valence-corrected chi connectivity index (χ1v) is 5.47. The zero-order valence-electron chi connectivity index (χ0n) is 9.26. The van der Waals surface area contributed by atoms with Crippen LogP contribution in [-0.4, -0.2) is 35.6 Å². The molecule has 1 atom stereocenters. The highest BCUT2D eigenvalue weighted by molar-refractivity contribution is 5.49. The SMILES string of the molecule is C=CCNc1cc(N2CCC(N)C2)ncn1. The second kappa shape index (κ2) is 4.94. The Hall–Kier alpha value is -1.62. The van der Waals surface area contributed by atoms with Gasteiger partial charge < -0.3 is 16.0 Å². The summed E-state index contributed by atoms with van der Waals surface area (Å²) in [5.74, 6) is 1.76. The highest BCUT2D eigenvalue weighted by Crippen LogP contribution is 2.18. The van der Waals surface area contributed by atoms with Crippen LogP contribution in [0, 0.1) is 0 Å². The highest BCUT2D eigenvalue weighted by atomic mass is 15.2. The van der Waals surface area contributed by atoms with Crippen LogP contribution in [0.2, 0.25) is 0 Å². The van der Waals surface area contributed by atoms with E-state index in [1.807, 2.05) is 6.07 Å². The lowest BCUT2D eigenvalue weighted by atomic mass is 10.3. The number of rotatable bonds is 4. The van der Waals surface area contributed by atoms with Crippen molar-refractivity contribution in [2.45, 2.75) is 12.5 Å². The molecule has 1 aromatic rings. The predicted molar refractivity (Wildman–Crippen MR) is 65.5 cm³/mol. The summed E-state index contributed by atoms with van der Waals surface area (Å²) >= 11 is 0. The molecule has 1 unspecified atom stereocenters. The number of nitrogens with zero attached hydrogens (tertiary/aromatic N) is 3. The van der Waals surface area contributed by atoms with Crippen molar-refractivity contribution >= 4 is 11.6 Å². The maximum atomic E-state index is 5.87. The summed E-state index contributed by atoms with van der Waals surface area (Å²) in [6.45, 7) is 6.20. The van der Waals surface area contributed by atoms with Gasteiger partial charge in [0.15, 0.2) is 0 Å². The molecule has 0 radical (unpaired) electrons. The third-order valence-corrected chi connectivity index (χ3v) is 2.63. The van der Waals surface area contributed by atoms with E-state index in [0.29, 0.717) is 6.54 Å². The number of anilines is 2. The van der Waals surface area contributed by atoms with Crippen LogP contribution in [0.15, 0.2) is 25.0 Å². The van der Waals surface area contributed by atoms with Gasteiger partial charge in [-0.3, -0.25) is 0 Å². The minimum Gasteiger partial charge on any atom is -0.366 e. The van der Waals surface area contributed by atoms with E-state index < -0.39 is 0 Å². The van der Waals surface area contributed by atoms with E-state index in [0.717, 1.165) is 31.1 Å². The summed E-state index contributed by atoms with van der Waals surface area (Å²) in [4.78, 5) is 10.6. The minimum absolute atomic E-state index is 0.263. The molecule has 1 aliphatic rings. The Kier molecular flexibility index (Phi) is 3.36. The lowest BCUT2D eigenvalue weighted by molar-refractivity contribution is 0.751. The minimum atomic E-state index is 0.263. The topological polar surface area (TPSA) is 67.1 Å². The van der Waals surface area contributed by atoms with Crippen molar-refractivity contribution in [3.63, 3.8) is 0 Å². The molecule has 16 heavy (non-hydrogen) atoms. The van der Waals surface area contributed by atoms with Gasteiger partial charge in [0.2, 0.25) is 0 Å². The molecule has 86 valence electrons. The molecule has 1 aliphatic heterocycles. The first kappa shape index (κ1) is 10.9. The van der Waals surface area contributed by atoms with Crippen molar-refractivity contribution in [3.05, 3.63) is 25.0 Å². The largest absolute Gasteiger partial charge is 0.366 e. The molecular formula is C11H17N5. The fourth-order valence-corrected chi connectivity index (χ4v) is 1.79. The summed E-state index contributed by atoms with van der Waals surface area (Å²) in [7, 11) is 0. The number of aromatic nitrogens is 2. The van der Waals surface area contributed by atoms with Gasteiger partial charge in [-0.15, -0.1) is 6.58 Å². The molecule has 1 fully saturated rings. The Labute approximate surface area is 95.4 Å². The molecule has 5 nitrogen and oxygen atoms in total. The summed E-state index contributed by atoms with van der Waals surface area (Å²) in [6, 6.07) is 2.21. The van der Waals surface area contributed by atoms with E-state index in [4.69, 9.17) is 5.73 Å². The van der Waals surface area contributed by atoms with Crippen molar-refractivity contribution < 1.29 is 0 Å². The van der Waals surface area contributed by atoms with Crippen LogP contribution in [0.1, 0.15) is 6.42 Å². The first-order valence-electron chi connectivity index (χ1n) is 5.47. The van der Waals surface area contributed by atoms with Crippen LogP contribution in [0.3, 0.4) is 0 Å². The second-order valence-electron chi connectivity index (χ2n) is 3.93. The molecule has 0 aromatic carbocycles. The molecule has 1 aromatic heterocycles. The standard InChI is InChI=1S/C11H17N5/c1-2-4-13-10-6-11(15-8-14-10)16-5-3-9(12)7-16/h2,6,8-9H,1,3-5,7,12H2,(H,13,14,15). The molecule has 2 heterocycles. The van der Waals surface area contributed by atoms with Gasteiger partial charge in [0.1, 0.15) is 18.0 Å². The molecule has 0 spiro atoms. The zero-order chi connectivity index (χ0) is 11.4. The summed E-state index contributed by atoms with van der Waals surface area (Å²) in [5, 5.41) is 3.14. The fourth-order valence-electron chi connectivity index (χ4n) is 1.79. The summed E-state index contributed by atoms with van der Waals surface area (Å²) in [5.41, 5.74) is 5.87. The molecule has 0 bridgehead atoms. The van der Waals surface area contributed by atoms with Gasteiger partial charge in [0.25, 0.3) is 0 Å². The second-order valence-corrected chi connectivity index (χ2v) is 3.93. The van der Waals surface area contributed by atoms with Gasteiger partial charge in [-0.1, -0.05) is 6.08 Å². The van der Waals surface area contributed by atoms with E-state index in [1.165, 1.54) is 0 Å². The van der Waals surface area contributed by atoms with Crippen LogP contribution < -0.4 is 16.0 Å². The van der Waals surface area contributed by atoms with Gasteiger partial charge in [0, 0.05) is 31.7 Å². The van der Waals surface area contributed by atoms with Crippen molar-refractivity contribution in [2.24, 2.45) is 5.73 Å². The van der Waals surface area contributed by atoms with Crippen LogP contribution >= 0.6 is 0 Å². The number of hydrogen-bond donors (Lipinski definition) is 2. The molecule has 0 aliphatic carbocycles. The smallest absolute Gasteiger partial charge is 0.134 e. The molecule has 2 rings (SSSR count). The maximum Gasteiger partial charge on any atom is 0.134 e. The lowest BCUT2D eigenvalue weighted by Crippen LogP contribution is -2.27. The third-order valence-electron chi connectivity index (χ3n) is 2.63. The molecule has 0 saturated carbocycles. The zero-order valence-corrected chi connectivity index (χ0v) is 9.26. The van der Waals surface area contributed by atoms with E-state index in [2.05, 4.69) is 26.8 Å². The van der Waals surface area contributed by atoms with Crippen molar-refractivity contribution in [3.8, 4) is 0 Å². The summed E-state index contributed by atoms with van der Waals surface area (Å²) in [6.07, 6.45) is 4.40. The molecule has 5 heteroatoms. The van der Waals surface area contributed by atoms with Crippen molar-refractivity contribution in [2.75, 3.05) is 29.9 Å². The van der Waals surface area contributed by atoms with Gasteiger partial charge >= 0.3 is 0 Å². The first-order chi connectivity index (χ1) is 7.79. The van der Waals surface area contributed by atoms with Crippen molar-refractivity contribution in [1.29, 1.82) is 0 Å². The maximum absolute atomic E-state index is 5.87. The van der Waals surface area contributed by atoms with Gasteiger partial charge in [-0.2, -0.15) is 0 Å². The van der Waals surface area contributed by atoms with Gasteiger partial charge in [-0.05, 0) is 6.42 Å². The lowest BCUT2D eigenvalue weighted by Gasteiger charge is -2.17. The average Bonchev–Trinajstić information content (AvgIpc) is 2.74. The normalized spacial score (nSPS) is 19.8. The fraction of sp³-hybridized carbons (Fsp3) is 0.455. The number of hydrogen-bond acceptors (Lipinski definition) is 5. The number of nitrogens with two attached hydrogens (primary N) is 1. The van der Waals surface area contributed by atoms with E-state index in [-0.39, 0.29) is 6.04 Å². The van der Waals surface area contributed by atoms with Crippen LogP contribution in [0.5, 0.6) is 0 Å². The Morgan fingerprint density at radius 2 is 2.50 bits per heavy atom. The van der Waals surface area contributed by atoms with Crippen LogP contribution in [-0.2, 0) is 0 Å². The van der Waals surface area contributed by atoms with Gasteiger partial charge in [0.05, 0.1) is 0 Å². The quantitative estimate of drug-likeness (QED) is 0.726. The van der Waals surface area contributed by atoms with Crippen LogP contribution in [0.4, 0.5) is 11.6 Å².